The lowest BCUT2D eigenvalue weighted by molar-refractivity contribution is 0.186. The summed E-state index contributed by atoms with van der Waals surface area (Å²) in [6.45, 7) is 7.82. The van der Waals surface area contributed by atoms with E-state index in [0.717, 1.165) is 35.0 Å². The lowest BCUT2D eigenvalue weighted by Crippen LogP contribution is -2.29. The Kier molecular flexibility index (Phi) is 7.26. The molecule has 2 atom stereocenters. The molecule has 190 valence electrons. The van der Waals surface area contributed by atoms with Crippen LogP contribution in [0.2, 0.25) is 0 Å². The first kappa shape index (κ1) is 25.0. The molecule has 7 heteroatoms. The van der Waals surface area contributed by atoms with Crippen molar-refractivity contribution in [1.82, 2.24) is 14.9 Å². The summed E-state index contributed by atoms with van der Waals surface area (Å²) in [5.41, 5.74) is 6.68. The number of ether oxygens (including phenoxy) is 2. The molecule has 0 amide bonds. The highest BCUT2D eigenvalue weighted by atomic mass is 32.1. The molecule has 1 N–H and O–H groups in total. The lowest BCUT2D eigenvalue weighted by atomic mass is 9.96. The number of anilines is 1. The molecule has 37 heavy (non-hydrogen) atoms. The van der Waals surface area contributed by atoms with Crippen LogP contribution in [0.3, 0.4) is 0 Å². The smallest absolute Gasteiger partial charge is 0.174 e. The highest BCUT2D eigenvalue weighted by Crippen LogP contribution is 2.43. The molecule has 1 aliphatic heterocycles. The number of pyridine rings is 1. The van der Waals surface area contributed by atoms with Crippen molar-refractivity contribution in [3.05, 3.63) is 107 Å². The van der Waals surface area contributed by atoms with Crippen LogP contribution in [0.25, 0.3) is 0 Å². The average Bonchev–Trinajstić information content (AvgIpc) is 3.40. The molecule has 2 aromatic carbocycles. The number of thiocarbonyl (C=S) groups is 1. The predicted molar refractivity (Wildman–Crippen MR) is 151 cm³/mol. The molecule has 5 rings (SSSR count). The van der Waals surface area contributed by atoms with E-state index in [4.69, 9.17) is 21.7 Å². The predicted octanol–water partition coefficient (Wildman–Crippen LogP) is 6.42. The van der Waals surface area contributed by atoms with Gasteiger partial charge in [-0.1, -0.05) is 24.3 Å². The van der Waals surface area contributed by atoms with Gasteiger partial charge in [-0.25, -0.2) is 0 Å². The number of para-hydroxylation sites is 1. The topological polar surface area (TPSA) is 51.5 Å². The van der Waals surface area contributed by atoms with Gasteiger partial charge in [0, 0.05) is 36.9 Å². The molecule has 3 heterocycles. The van der Waals surface area contributed by atoms with E-state index in [1.165, 1.54) is 17.0 Å². The van der Waals surface area contributed by atoms with Crippen molar-refractivity contribution in [3.8, 4) is 11.5 Å². The van der Waals surface area contributed by atoms with Gasteiger partial charge >= 0.3 is 0 Å². The largest absolute Gasteiger partial charge is 0.457 e. The number of hydrogen-bond acceptors (Lipinski definition) is 4. The second-order valence-electron chi connectivity index (χ2n) is 9.33. The van der Waals surface area contributed by atoms with Crippen LogP contribution in [-0.2, 0) is 11.3 Å². The van der Waals surface area contributed by atoms with Crippen LogP contribution in [0.4, 0.5) is 5.69 Å². The molecular weight excluding hydrogens is 480 g/mol. The molecule has 2 aromatic heterocycles. The summed E-state index contributed by atoms with van der Waals surface area (Å²) in [6, 6.07) is 24.3. The van der Waals surface area contributed by atoms with Gasteiger partial charge < -0.3 is 24.3 Å². The molecule has 1 saturated heterocycles. The molecule has 0 unspecified atom stereocenters. The van der Waals surface area contributed by atoms with E-state index in [1.807, 2.05) is 61.7 Å². The zero-order chi connectivity index (χ0) is 25.9. The van der Waals surface area contributed by atoms with Gasteiger partial charge in [-0.2, -0.15) is 0 Å². The monoisotopic (exact) mass is 512 g/mol. The number of methoxy groups -OCH3 is 1. The second-order valence-corrected chi connectivity index (χ2v) is 9.72. The summed E-state index contributed by atoms with van der Waals surface area (Å²) in [5.74, 6) is 1.64. The molecule has 0 radical (unpaired) electrons. The fourth-order valence-corrected chi connectivity index (χ4v) is 5.42. The van der Waals surface area contributed by atoms with Gasteiger partial charge in [0.15, 0.2) is 5.11 Å². The van der Waals surface area contributed by atoms with Crippen LogP contribution in [0.5, 0.6) is 11.5 Å². The summed E-state index contributed by atoms with van der Waals surface area (Å²) >= 11 is 5.91. The number of nitrogens with zero attached hydrogens (tertiary/aromatic N) is 3. The minimum absolute atomic E-state index is 0.0620. The van der Waals surface area contributed by atoms with E-state index in [0.29, 0.717) is 11.7 Å². The van der Waals surface area contributed by atoms with Gasteiger partial charge in [-0.05, 0) is 92.6 Å². The molecule has 1 aliphatic rings. The van der Waals surface area contributed by atoms with Crippen LogP contribution in [0.1, 0.15) is 40.3 Å². The van der Waals surface area contributed by atoms with Gasteiger partial charge in [-0.15, -0.1) is 0 Å². The van der Waals surface area contributed by atoms with Crippen LogP contribution in [0, 0.1) is 20.8 Å². The van der Waals surface area contributed by atoms with Crippen molar-refractivity contribution in [2.45, 2.75) is 39.4 Å². The summed E-state index contributed by atoms with van der Waals surface area (Å²) in [7, 11) is 1.74. The van der Waals surface area contributed by atoms with Crippen molar-refractivity contribution in [2.75, 3.05) is 18.6 Å². The van der Waals surface area contributed by atoms with E-state index in [2.05, 4.69) is 57.9 Å². The molecule has 6 nitrogen and oxygen atoms in total. The Bertz CT molecular complexity index is 1380. The van der Waals surface area contributed by atoms with Crippen LogP contribution < -0.4 is 15.0 Å². The Morgan fingerprint density at radius 2 is 1.73 bits per heavy atom. The Labute approximate surface area is 223 Å². The zero-order valence-electron chi connectivity index (χ0n) is 21.6. The maximum Gasteiger partial charge on any atom is 0.174 e. The molecule has 4 aromatic rings. The minimum Gasteiger partial charge on any atom is -0.457 e. The van der Waals surface area contributed by atoms with Crippen molar-refractivity contribution in [3.63, 3.8) is 0 Å². The first-order valence-electron chi connectivity index (χ1n) is 12.5. The highest BCUT2D eigenvalue weighted by molar-refractivity contribution is 7.80. The van der Waals surface area contributed by atoms with Crippen LogP contribution >= 0.6 is 12.2 Å². The second kappa shape index (κ2) is 10.7. The third-order valence-corrected chi connectivity index (χ3v) is 7.30. The van der Waals surface area contributed by atoms with Gasteiger partial charge in [0.25, 0.3) is 0 Å². The van der Waals surface area contributed by atoms with Crippen LogP contribution in [-0.4, -0.2) is 28.4 Å². The SMILES string of the molecule is COCCn1c(C)cc([C@@H]2[C@H](c3ccccn3)NC(=S)N2c2ccc(Oc3ccccc3C)cc2)c1C. The quantitative estimate of drug-likeness (QED) is 0.275. The lowest BCUT2D eigenvalue weighted by Gasteiger charge is -2.28. The van der Waals surface area contributed by atoms with Crippen LogP contribution in [0.15, 0.2) is 79.0 Å². The number of aryl methyl sites for hydroxylation is 2. The Morgan fingerprint density at radius 3 is 2.43 bits per heavy atom. The number of benzene rings is 2. The third kappa shape index (κ3) is 4.97. The molecule has 0 aliphatic carbocycles. The van der Waals surface area contributed by atoms with Crippen molar-refractivity contribution in [1.29, 1.82) is 0 Å². The summed E-state index contributed by atoms with van der Waals surface area (Å²) < 4.78 is 13.8. The third-order valence-electron chi connectivity index (χ3n) is 6.98. The molecular formula is C30H32N4O2S. The molecule has 0 bridgehead atoms. The Balaban J connectivity index is 1.52. The first-order valence-corrected chi connectivity index (χ1v) is 12.9. The van der Waals surface area contributed by atoms with E-state index in [-0.39, 0.29) is 12.1 Å². The first-order chi connectivity index (χ1) is 18.0. The van der Waals surface area contributed by atoms with E-state index >= 15 is 0 Å². The molecule has 0 spiro atoms. The minimum atomic E-state index is -0.0898. The van der Waals surface area contributed by atoms with E-state index < -0.39 is 0 Å². The van der Waals surface area contributed by atoms with Crippen molar-refractivity contribution in [2.24, 2.45) is 0 Å². The van der Waals surface area contributed by atoms with E-state index in [9.17, 15) is 0 Å². The maximum absolute atomic E-state index is 6.14. The standard InChI is InChI=1S/C30H32N4O2S/c1-20-9-5-6-11-27(20)36-24-14-12-23(13-15-24)34-29(25-19-21(2)33(22(25)3)17-18-35-4)28(32-30(34)37)26-10-7-8-16-31-26/h5-16,19,28-29H,17-18H2,1-4H3,(H,32,37)/t28-,29+/m0/s1. The fourth-order valence-electron chi connectivity index (χ4n) is 5.08. The van der Waals surface area contributed by atoms with Gasteiger partial charge in [0.05, 0.1) is 24.4 Å². The zero-order valence-corrected chi connectivity index (χ0v) is 22.5. The van der Waals surface area contributed by atoms with Gasteiger partial charge in [0.2, 0.25) is 0 Å². The average molecular weight is 513 g/mol. The maximum atomic E-state index is 6.14. The van der Waals surface area contributed by atoms with Crippen molar-refractivity contribution < 1.29 is 9.47 Å². The number of rotatable bonds is 8. The molecule has 0 saturated carbocycles. The van der Waals surface area contributed by atoms with Crippen molar-refractivity contribution >= 4 is 23.0 Å². The normalized spacial score (nSPS) is 17.2. The summed E-state index contributed by atoms with van der Waals surface area (Å²) in [5, 5.41) is 4.23. The number of hydrogen-bond donors (Lipinski definition) is 1. The fraction of sp³-hybridized carbons (Fsp3) is 0.267. The van der Waals surface area contributed by atoms with Gasteiger partial charge in [0.1, 0.15) is 11.5 Å². The Hall–Kier alpha value is -3.68. The summed E-state index contributed by atoms with van der Waals surface area (Å²) in [4.78, 5) is 6.88. The molecule has 1 fully saturated rings. The van der Waals surface area contributed by atoms with Gasteiger partial charge in [-0.3, -0.25) is 4.98 Å². The Morgan fingerprint density at radius 1 is 0.973 bits per heavy atom. The number of aromatic nitrogens is 2. The van der Waals surface area contributed by atoms with E-state index in [1.54, 1.807) is 7.11 Å². The highest BCUT2D eigenvalue weighted by Gasteiger charge is 2.42. The number of nitrogens with one attached hydrogen (secondary N) is 1. The summed E-state index contributed by atoms with van der Waals surface area (Å²) in [6.07, 6.45) is 1.83.